The predicted octanol–water partition coefficient (Wildman–Crippen LogP) is 3.52. The summed E-state index contributed by atoms with van der Waals surface area (Å²) in [6.07, 6.45) is 4.42. The highest BCUT2D eigenvalue weighted by Gasteiger charge is 2.15. The molecule has 0 spiro atoms. The van der Waals surface area contributed by atoms with Crippen molar-refractivity contribution >= 4 is 45.5 Å². The second-order valence-corrected chi connectivity index (χ2v) is 8.42. The third-order valence-corrected chi connectivity index (χ3v) is 6.18. The predicted molar refractivity (Wildman–Crippen MR) is 117 cm³/mol. The monoisotopic (exact) mass is 503 g/mol. The number of aryl methyl sites for hydroxylation is 1. The molecule has 0 saturated heterocycles. The molecule has 0 bridgehead atoms. The number of nitrogens with two attached hydrogens (primary N) is 1. The fourth-order valence-electron chi connectivity index (χ4n) is 3.12. The van der Waals surface area contributed by atoms with Gasteiger partial charge in [0.05, 0.1) is 17.2 Å². The lowest BCUT2D eigenvalue weighted by Gasteiger charge is -2.19. The van der Waals surface area contributed by atoms with Gasteiger partial charge in [-0.25, -0.2) is 12.8 Å². The summed E-state index contributed by atoms with van der Waals surface area (Å²) in [7, 11) is -3.52. The maximum atomic E-state index is 12.9. The molecule has 0 unspecified atom stereocenters. The Kier molecular flexibility index (Phi) is 7.60. The van der Waals surface area contributed by atoms with Crippen LogP contribution in [0, 0.1) is 5.82 Å². The van der Waals surface area contributed by atoms with E-state index in [0.717, 1.165) is 37.1 Å². The number of fused-ring (bicyclic) bond motifs is 1. The average Bonchev–Trinajstić information content (AvgIpc) is 2.62. The molecule has 0 saturated carbocycles. The number of guanidine groups is 1. The van der Waals surface area contributed by atoms with Gasteiger partial charge in [0.15, 0.2) is 15.8 Å². The van der Waals surface area contributed by atoms with Gasteiger partial charge < -0.3 is 11.1 Å². The van der Waals surface area contributed by atoms with Gasteiger partial charge in [0.2, 0.25) is 0 Å². The molecule has 1 aliphatic rings. The van der Waals surface area contributed by atoms with Gasteiger partial charge in [-0.1, -0.05) is 12.1 Å². The zero-order chi connectivity index (χ0) is 18.6. The Labute approximate surface area is 176 Å². The molecule has 27 heavy (non-hydrogen) atoms. The molecule has 2 aromatic rings. The van der Waals surface area contributed by atoms with Crippen LogP contribution in [-0.4, -0.2) is 26.7 Å². The van der Waals surface area contributed by atoms with E-state index in [4.69, 9.17) is 5.73 Å². The molecule has 146 valence electrons. The molecule has 3 rings (SSSR count). The fraction of sp³-hybridized carbons (Fsp3) is 0.316. The molecule has 8 heteroatoms. The molecule has 0 amide bonds. The van der Waals surface area contributed by atoms with E-state index in [0.29, 0.717) is 0 Å². The van der Waals surface area contributed by atoms with Gasteiger partial charge in [0, 0.05) is 5.69 Å². The number of anilines is 1. The number of aliphatic imine (C=N–C) groups is 1. The normalized spacial score (nSPS) is 14.2. The number of nitrogens with zero attached hydrogens (tertiary/aromatic N) is 1. The van der Waals surface area contributed by atoms with Crippen LogP contribution in [0.3, 0.4) is 0 Å². The van der Waals surface area contributed by atoms with E-state index in [2.05, 4.69) is 16.4 Å². The number of halogens is 2. The minimum absolute atomic E-state index is 0. The minimum atomic E-state index is -3.52. The topological polar surface area (TPSA) is 84.5 Å². The van der Waals surface area contributed by atoms with E-state index in [1.807, 2.05) is 12.1 Å². The minimum Gasteiger partial charge on any atom is -0.370 e. The van der Waals surface area contributed by atoms with Gasteiger partial charge in [-0.15, -0.1) is 24.0 Å². The Morgan fingerprint density at radius 2 is 1.81 bits per heavy atom. The van der Waals surface area contributed by atoms with Crippen LogP contribution < -0.4 is 11.1 Å². The first-order chi connectivity index (χ1) is 12.5. The van der Waals surface area contributed by atoms with Crippen molar-refractivity contribution in [3.05, 3.63) is 59.4 Å². The molecule has 5 nitrogen and oxygen atoms in total. The Morgan fingerprint density at radius 1 is 1.11 bits per heavy atom. The molecule has 0 heterocycles. The Bertz CT molecular complexity index is 915. The van der Waals surface area contributed by atoms with Gasteiger partial charge in [0.25, 0.3) is 0 Å². The van der Waals surface area contributed by atoms with E-state index in [9.17, 15) is 12.8 Å². The van der Waals surface area contributed by atoms with Crippen LogP contribution in [0.25, 0.3) is 0 Å². The van der Waals surface area contributed by atoms with Crippen LogP contribution in [0.15, 0.2) is 52.4 Å². The molecule has 1 aliphatic carbocycles. The number of hydrogen-bond acceptors (Lipinski definition) is 3. The van der Waals surface area contributed by atoms with Crippen molar-refractivity contribution in [3.8, 4) is 0 Å². The van der Waals surface area contributed by atoms with Crippen LogP contribution in [0.1, 0.15) is 24.0 Å². The summed E-state index contributed by atoms with van der Waals surface area (Å²) in [5.41, 5.74) is 9.44. The second kappa shape index (κ2) is 9.50. The number of nitrogens with one attached hydrogen (secondary N) is 1. The van der Waals surface area contributed by atoms with Crippen LogP contribution >= 0.6 is 24.0 Å². The van der Waals surface area contributed by atoms with E-state index in [-0.39, 0.29) is 47.1 Å². The summed E-state index contributed by atoms with van der Waals surface area (Å²) in [5, 5.41) is 3.09. The first-order valence-electron chi connectivity index (χ1n) is 8.62. The summed E-state index contributed by atoms with van der Waals surface area (Å²) in [6, 6.07) is 10.8. The van der Waals surface area contributed by atoms with Crippen molar-refractivity contribution < 1.29 is 12.8 Å². The number of benzene rings is 2. The lowest BCUT2D eigenvalue weighted by atomic mass is 9.90. The second-order valence-electron chi connectivity index (χ2n) is 6.32. The lowest BCUT2D eigenvalue weighted by molar-refractivity contribution is 0.594. The Hall–Kier alpha value is -1.68. The van der Waals surface area contributed by atoms with Crippen LogP contribution in [0.2, 0.25) is 0 Å². The molecule has 2 aromatic carbocycles. The molecule has 0 aromatic heterocycles. The Balaban J connectivity index is 0.00000261. The highest BCUT2D eigenvalue weighted by atomic mass is 127. The summed E-state index contributed by atoms with van der Waals surface area (Å²) in [6.45, 7) is 0.0353. The maximum Gasteiger partial charge on any atom is 0.193 e. The molecule has 0 aliphatic heterocycles. The van der Waals surface area contributed by atoms with E-state index < -0.39 is 15.7 Å². The third-order valence-electron chi connectivity index (χ3n) is 4.47. The quantitative estimate of drug-likeness (QED) is 0.283. The first-order valence-corrected chi connectivity index (χ1v) is 10.3. The molecule has 3 N–H and O–H groups in total. The smallest absolute Gasteiger partial charge is 0.193 e. The van der Waals surface area contributed by atoms with Gasteiger partial charge in [0.1, 0.15) is 5.82 Å². The largest absolute Gasteiger partial charge is 0.370 e. The summed E-state index contributed by atoms with van der Waals surface area (Å²) in [4.78, 5) is 4.21. The number of rotatable bonds is 5. The first kappa shape index (κ1) is 21.6. The zero-order valence-corrected chi connectivity index (χ0v) is 18.0. The van der Waals surface area contributed by atoms with Crippen LogP contribution in [0.4, 0.5) is 10.1 Å². The summed E-state index contributed by atoms with van der Waals surface area (Å²) >= 11 is 0. The highest BCUT2D eigenvalue weighted by Crippen LogP contribution is 2.27. The van der Waals surface area contributed by atoms with Crippen molar-refractivity contribution in [3.63, 3.8) is 0 Å². The molecular formula is C19H23FIN3O2S. The zero-order valence-electron chi connectivity index (χ0n) is 14.8. The highest BCUT2D eigenvalue weighted by molar-refractivity contribution is 14.0. The van der Waals surface area contributed by atoms with E-state index in [1.54, 1.807) is 0 Å². The average molecular weight is 503 g/mol. The van der Waals surface area contributed by atoms with Crippen molar-refractivity contribution in [1.29, 1.82) is 0 Å². The van der Waals surface area contributed by atoms with Crippen molar-refractivity contribution in [2.75, 3.05) is 17.6 Å². The van der Waals surface area contributed by atoms with E-state index in [1.165, 1.54) is 29.7 Å². The maximum absolute atomic E-state index is 12.9. The molecule has 0 fully saturated rings. The molecule has 0 atom stereocenters. The SMILES string of the molecule is I.NC(=NCCS(=O)(=O)c1ccc(F)cc1)Nc1cccc2c1CCCC2. The Morgan fingerprint density at radius 3 is 2.56 bits per heavy atom. The summed E-state index contributed by atoms with van der Waals surface area (Å²) in [5.74, 6) is -0.464. The van der Waals surface area contributed by atoms with Gasteiger partial charge >= 0.3 is 0 Å². The lowest BCUT2D eigenvalue weighted by Crippen LogP contribution is -2.25. The van der Waals surface area contributed by atoms with Crippen LogP contribution in [-0.2, 0) is 22.7 Å². The van der Waals surface area contributed by atoms with E-state index >= 15 is 0 Å². The standard InChI is InChI=1S/C19H22FN3O2S.HI/c20-15-8-10-16(11-9-15)26(24,25)13-12-22-19(21)23-18-7-3-5-14-4-1-2-6-17(14)18;/h3,5,7-11H,1-2,4,6,12-13H2,(H3,21,22,23);1H. The van der Waals surface area contributed by atoms with Crippen molar-refractivity contribution in [2.45, 2.75) is 30.6 Å². The van der Waals surface area contributed by atoms with Crippen molar-refractivity contribution in [1.82, 2.24) is 0 Å². The number of sulfone groups is 1. The summed E-state index contributed by atoms with van der Waals surface area (Å²) < 4.78 is 37.4. The fourth-order valence-corrected chi connectivity index (χ4v) is 4.24. The van der Waals surface area contributed by atoms with Gasteiger partial charge in [-0.05, 0) is 67.1 Å². The molecular weight excluding hydrogens is 480 g/mol. The third kappa shape index (κ3) is 5.65. The van der Waals surface area contributed by atoms with Gasteiger partial charge in [-0.3, -0.25) is 4.99 Å². The molecule has 0 radical (unpaired) electrons. The van der Waals surface area contributed by atoms with Gasteiger partial charge in [-0.2, -0.15) is 0 Å². The van der Waals surface area contributed by atoms with Crippen LogP contribution in [0.5, 0.6) is 0 Å². The number of hydrogen-bond donors (Lipinski definition) is 2. The van der Waals surface area contributed by atoms with Crippen molar-refractivity contribution in [2.24, 2.45) is 10.7 Å².